The number of carbonyl (C=O) groups excluding carboxylic acids is 1. The molecule has 0 saturated carbocycles. The topological polar surface area (TPSA) is 30.2 Å². The van der Waals surface area contributed by atoms with E-state index in [4.69, 9.17) is 4.42 Å². The highest BCUT2D eigenvalue weighted by Crippen LogP contribution is 2.25. The summed E-state index contributed by atoms with van der Waals surface area (Å²) in [7, 11) is 0. The van der Waals surface area contributed by atoms with E-state index in [1.54, 1.807) is 6.26 Å². The van der Waals surface area contributed by atoms with E-state index in [1.165, 1.54) is 0 Å². The summed E-state index contributed by atoms with van der Waals surface area (Å²) in [4.78, 5) is 11.3. The number of carbonyl (C=O) groups is 1. The van der Waals surface area contributed by atoms with E-state index in [9.17, 15) is 4.79 Å². The molecule has 58 valence electrons. The minimum Gasteiger partial charge on any atom is -0.468 e. The number of hydrogen-bond acceptors (Lipinski definition) is 2. The third-order valence-corrected chi connectivity index (χ3v) is 2.14. The summed E-state index contributed by atoms with van der Waals surface area (Å²) < 4.78 is 5.24. The van der Waals surface area contributed by atoms with Crippen molar-refractivity contribution < 1.29 is 9.21 Å². The maximum absolute atomic E-state index is 11.3. The molecule has 0 aromatic carbocycles. The molecule has 0 bridgehead atoms. The van der Waals surface area contributed by atoms with Crippen molar-refractivity contribution in [1.82, 2.24) is 0 Å². The van der Waals surface area contributed by atoms with Crippen molar-refractivity contribution in [2.24, 2.45) is 0 Å². The molecule has 0 aliphatic heterocycles. The molecular formula is C9H10O2. The highest BCUT2D eigenvalue weighted by molar-refractivity contribution is 5.99. The Hall–Kier alpha value is -1.05. The van der Waals surface area contributed by atoms with Gasteiger partial charge >= 0.3 is 0 Å². The summed E-state index contributed by atoms with van der Waals surface area (Å²) in [5.41, 5.74) is 1.83. The van der Waals surface area contributed by atoms with E-state index in [1.807, 2.05) is 6.92 Å². The molecule has 1 heterocycles. The maximum Gasteiger partial charge on any atom is 0.166 e. The summed E-state index contributed by atoms with van der Waals surface area (Å²) in [5.74, 6) is 1.14. The molecule has 0 atom stereocenters. The van der Waals surface area contributed by atoms with Crippen LogP contribution in [0.4, 0.5) is 0 Å². The predicted octanol–water partition coefficient (Wildman–Crippen LogP) is 2.11. The summed E-state index contributed by atoms with van der Waals surface area (Å²) in [5, 5.41) is 0. The second-order valence-electron chi connectivity index (χ2n) is 2.99. The zero-order valence-electron chi connectivity index (χ0n) is 6.52. The summed E-state index contributed by atoms with van der Waals surface area (Å²) in [6.07, 6.45) is 4.23. The van der Waals surface area contributed by atoms with Gasteiger partial charge in [-0.3, -0.25) is 4.79 Å². The van der Waals surface area contributed by atoms with Crippen molar-refractivity contribution in [2.75, 3.05) is 0 Å². The SMILES string of the molecule is Cc1coc2c1C(=O)CCC2. The number of Topliss-reactive ketones (excluding diaryl/α,β-unsaturated/α-hetero) is 1. The standard InChI is InChI=1S/C9H10O2/c1-6-5-11-8-4-2-3-7(10)9(6)8/h5H,2-4H2,1H3. The Morgan fingerprint density at radius 3 is 3.00 bits per heavy atom. The van der Waals surface area contributed by atoms with Gasteiger partial charge < -0.3 is 4.42 Å². The predicted molar refractivity (Wildman–Crippen MR) is 40.7 cm³/mol. The molecule has 1 aliphatic rings. The van der Waals surface area contributed by atoms with Gasteiger partial charge in [0.1, 0.15) is 5.76 Å². The molecule has 0 amide bonds. The van der Waals surface area contributed by atoms with Crippen molar-refractivity contribution in [3.05, 3.63) is 23.2 Å². The highest BCUT2D eigenvalue weighted by Gasteiger charge is 2.21. The number of rotatable bonds is 0. The second kappa shape index (κ2) is 2.22. The van der Waals surface area contributed by atoms with Crippen molar-refractivity contribution >= 4 is 5.78 Å². The Balaban J connectivity index is 2.56. The Morgan fingerprint density at radius 1 is 1.45 bits per heavy atom. The van der Waals surface area contributed by atoms with Crippen molar-refractivity contribution in [1.29, 1.82) is 0 Å². The van der Waals surface area contributed by atoms with Gasteiger partial charge in [0.25, 0.3) is 0 Å². The van der Waals surface area contributed by atoms with Gasteiger partial charge in [-0.15, -0.1) is 0 Å². The summed E-state index contributed by atoms with van der Waals surface area (Å²) in [6.45, 7) is 1.92. The number of hydrogen-bond donors (Lipinski definition) is 0. The maximum atomic E-state index is 11.3. The molecule has 0 N–H and O–H groups in total. The van der Waals surface area contributed by atoms with Crippen LogP contribution < -0.4 is 0 Å². The molecule has 2 heteroatoms. The molecule has 1 aromatic rings. The van der Waals surface area contributed by atoms with Crippen LogP contribution in [0.25, 0.3) is 0 Å². The molecule has 0 saturated heterocycles. The highest BCUT2D eigenvalue weighted by atomic mass is 16.3. The van der Waals surface area contributed by atoms with E-state index < -0.39 is 0 Å². The Kier molecular flexibility index (Phi) is 1.34. The first kappa shape index (κ1) is 6.65. The van der Waals surface area contributed by atoms with Crippen LogP contribution >= 0.6 is 0 Å². The fourth-order valence-electron chi connectivity index (χ4n) is 1.59. The first-order valence-electron chi connectivity index (χ1n) is 3.89. The van der Waals surface area contributed by atoms with Gasteiger partial charge in [-0.05, 0) is 18.9 Å². The summed E-state index contributed by atoms with van der Waals surface area (Å²) in [6, 6.07) is 0. The lowest BCUT2D eigenvalue weighted by Gasteiger charge is -2.07. The third kappa shape index (κ3) is 0.897. The summed E-state index contributed by atoms with van der Waals surface area (Å²) >= 11 is 0. The van der Waals surface area contributed by atoms with E-state index in [0.29, 0.717) is 6.42 Å². The fourth-order valence-corrected chi connectivity index (χ4v) is 1.59. The van der Waals surface area contributed by atoms with Crippen LogP contribution in [0.5, 0.6) is 0 Å². The van der Waals surface area contributed by atoms with Gasteiger partial charge in [-0.1, -0.05) is 0 Å². The van der Waals surface area contributed by atoms with Gasteiger partial charge in [0, 0.05) is 12.8 Å². The van der Waals surface area contributed by atoms with Gasteiger partial charge in [0.15, 0.2) is 5.78 Å². The number of fused-ring (bicyclic) bond motifs is 1. The first-order valence-corrected chi connectivity index (χ1v) is 3.89. The zero-order chi connectivity index (χ0) is 7.84. The average Bonchev–Trinajstić information content (AvgIpc) is 2.34. The normalized spacial score (nSPS) is 16.6. The fraction of sp³-hybridized carbons (Fsp3) is 0.444. The van der Waals surface area contributed by atoms with E-state index >= 15 is 0 Å². The minimum absolute atomic E-state index is 0.248. The number of aryl methyl sites for hydroxylation is 2. The molecule has 2 nitrogen and oxygen atoms in total. The molecule has 1 aromatic heterocycles. The third-order valence-electron chi connectivity index (χ3n) is 2.14. The molecule has 11 heavy (non-hydrogen) atoms. The minimum atomic E-state index is 0.248. The number of furan rings is 1. The molecule has 0 unspecified atom stereocenters. The van der Waals surface area contributed by atoms with Gasteiger partial charge in [0.05, 0.1) is 11.8 Å². The lowest BCUT2D eigenvalue weighted by molar-refractivity contribution is 0.0969. The van der Waals surface area contributed by atoms with Crippen molar-refractivity contribution in [3.63, 3.8) is 0 Å². The zero-order valence-corrected chi connectivity index (χ0v) is 6.52. The Morgan fingerprint density at radius 2 is 2.27 bits per heavy atom. The lowest BCUT2D eigenvalue weighted by Crippen LogP contribution is -2.09. The van der Waals surface area contributed by atoms with Crippen molar-refractivity contribution in [2.45, 2.75) is 26.2 Å². The van der Waals surface area contributed by atoms with Crippen LogP contribution in [-0.2, 0) is 6.42 Å². The van der Waals surface area contributed by atoms with Crippen molar-refractivity contribution in [3.8, 4) is 0 Å². The smallest absolute Gasteiger partial charge is 0.166 e. The molecular weight excluding hydrogens is 140 g/mol. The number of ketones is 1. The molecule has 0 spiro atoms. The quantitative estimate of drug-likeness (QED) is 0.567. The monoisotopic (exact) mass is 150 g/mol. The van der Waals surface area contributed by atoms with Gasteiger partial charge in [0.2, 0.25) is 0 Å². The second-order valence-corrected chi connectivity index (χ2v) is 2.99. The van der Waals surface area contributed by atoms with E-state index in [2.05, 4.69) is 0 Å². The Bertz CT molecular complexity index is 297. The molecule has 1 aliphatic carbocycles. The van der Waals surface area contributed by atoms with Crippen LogP contribution in [0.3, 0.4) is 0 Å². The van der Waals surface area contributed by atoms with Crippen LogP contribution in [0.1, 0.15) is 34.5 Å². The van der Waals surface area contributed by atoms with Crippen LogP contribution in [0.15, 0.2) is 10.7 Å². The lowest BCUT2D eigenvalue weighted by atomic mass is 9.95. The van der Waals surface area contributed by atoms with Crippen LogP contribution in [0, 0.1) is 6.92 Å². The van der Waals surface area contributed by atoms with Crippen LogP contribution in [0.2, 0.25) is 0 Å². The van der Waals surface area contributed by atoms with Crippen LogP contribution in [-0.4, -0.2) is 5.78 Å². The first-order chi connectivity index (χ1) is 5.29. The van der Waals surface area contributed by atoms with E-state index in [-0.39, 0.29) is 5.78 Å². The average molecular weight is 150 g/mol. The molecule has 2 rings (SSSR count). The Labute approximate surface area is 65.2 Å². The van der Waals surface area contributed by atoms with Gasteiger partial charge in [-0.2, -0.15) is 0 Å². The largest absolute Gasteiger partial charge is 0.468 e. The van der Waals surface area contributed by atoms with Gasteiger partial charge in [-0.25, -0.2) is 0 Å². The molecule has 0 fully saturated rings. The molecule has 0 radical (unpaired) electrons. The van der Waals surface area contributed by atoms with E-state index in [0.717, 1.165) is 29.7 Å².